The van der Waals surface area contributed by atoms with Crippen LogP contribution in [0.4, 0.5) is 10.1 Å². The van der Waals surface area contributed by atoms with Crippen LogP contribution < -0.4 is 5.32 Å². The maximum absolute atomic E-state index is 13.4. The van der Waals surface area contributed by atoms with E-state index in [-0.39, 0.29) is 17.6 Å². The molecule has 1 aromatic carbocycles. The van der Waals surface area contributed by atoms with Gasteiger partial charge in [-0.2, -0.15) is 5.26 Å². The summed E-state index contributed by atoms with van der Waals surface area (Å²) in [4.78, 5) is 0. The third-order valence-electron chi connectivity index (χ3n) is 2.89. The highest BCUT2D eigenvalue weighted by atomic mass is 19.1. The van der Waals surface area contributed by atoms with E-state index in [1.807, 2.05) is 6.07 Å². The summed E-state index contributed by atoms with van der Waals surface area (Å²) >= 11 is 0. The maximum atomic E-state index is 13.4. The number of nitrogens with zero attached hydrogens (tertiary/aromatic N) is 1. The Balaban J connectivity index is 2.69. The quantitative estimate of drug-likeness (QED) is 0.816. The van der Waals surface area contributed by atoms with E-state index in [1.165, 1.54) is 6.07 Å². The lowest BCUT2D eigenvalue weighted by atomic mass is 9.88. The van der Waals surface area contributed by atoms with Crippen LogP contribution in [0.5, 0.6) is 0 Å². The summed E-state index contributed by atoms with van der Waals surface area (Å²) in [5, 5.41) is 20.8. The van der Waals surface area contributed by atoms with E-state index in [0.29, 0.717) is 12.2 Å². The zero-order valence-corrected chi connectivity index (χ0v) is 10.8. The van der Waals surface area contributed by atoms with Gasteiger partial charge in [-0.25, -0.2) is 4.39 Å². The predicted octanol–water partition coefficient (Wildman–Crippen LogP) is 2.91. The first-order valence-corrected chi connectivity index (χ1v) is 6.03. The second-order valence-electron chi connectivity index (χ2n) is 5.12. The van der Waals surface area contributed by atoms with Crippen molar-refractivity contribution in [2.75, 3.05) is 18.5 Å². The molecule has 0 spiro atoms. The van der Waals surface area contributed by atoms with Crippen LogP contribution in [0.15, 0.2) is 18.2 Å². The number of aliphatic hydroxyl groups is 1. The molecule has 0 bridgehead atoms. The minimum absolute atomic E-state index is 0.0121. The Hall–Kier alpha value is -1.60. The molecular formula is C14H19FN2O. The highest BCUT2D eigenvalue weighted by molar-refractivity contribution is 5.57. The fourth-order valence-corrected chi connectivity index (χ4v) is 1.77. The van der Waals surface area contributed by atoms with Crippen LogP contribution in [0, 0.1) is 22.6 Å². The largest absolute Gasteiger partial charge is 0.396 e. The maximum Gasteiger partial charge on any atom is 0.143 e. The Morgan fingerprint density at radius 1 is 1.44 bits per heavy atom. The van der Waals surface area contributed by atoms with E-state index < -0.39 is 5.82 Å². The molecule has 0 unspecified atom stereocenters. The molecular weight excluding hydrogens is 231 g/mol. The number of halogens is 1. The number of anilines is 1. The smallest absolute Gasteiger partial charge is 0.143 e. The van der Waals surface area contributed by atoms with Gasteiger partial charge in [0.1, 0.15) is 17.4 Å². The van der Waals surface area contributed by atoms with Gasteiger partial charge in [0, 0.05) is 13.2 Å². The van der Waals surface area contributed by atoms with Gasteiger partial charge in [-0.1, -0.05) is 19.9 Å². The van der Waals surface area contributed by atoms with Crippen LogP contribution in [-0.2, 0) is 0 Å². The van der Waals surface area contributed by atoms with Crippen molar-refractivity contribution < 1.29 is 9.50 Å². The van der Waals surface area contributed by atoms with Crippen molar-refractivity contribution in [3.8, 4) is 6.07 Å². The minimum Gasteiger partial charge on any atom is -0.396 e. The first-order valence-electron chi connectivity index (χ1n) is 6.03. The average molecular weight is 250 g/mol. The topological polar surface area (TPSA) is 56.0 Å². The summed E-state index contributed by atoms with van der Waals surface area (Å²) in [6.45, 7) is 4.94. The molecule has 0 aliphatic carbocycles. The molecule has 0 saturated heterocycles. The van der Waals surface area contributed by atoms with Gasteiger partial charge in [0.05, 0.1) is 5.69 Å². The monoisotopic (exact) mass is 250 g/mol. The Morgan fingerprint density at radius 2 is 2.17 bits per heavy atom. The molecule has 3 nitrogen and oxygen atoms in total. The molecule has 98 valence electrons. The molecule has 0 fully saturated rings. The third kappa shape index (κ3) is 4.01. The number of hydrogen-bond donors (Lipinski definition) is 2. The fraction of sp³-hybridized carbons (Fsp3) is 0.500. The lowest BCUT2D eigenvalue weighted by Crippen LogP contribution is -2.23. The molecule has 1 rings (SSSR count). The fourth-order valence-electron chi connectivity index (χ4n) is 1.77. The number of nitriles is 1. The van der Waals surface area contributed by atoms with Gasteiger partial charge < -0.3 is 10.4 Å². The Labute approximate surface area is 107 Å². The predicted molar refractivity (Wildman–Crippen MR) is 69.7 cm³/mol. The van der Waals surface area contributed by atoms with E-state index in [0.717, 1.165) is 12.8 Å². The molecule has 0 amide bonds. The highest BCUT2D eigenvalue weighted by Crippen LogP contribution is 2.24. The summed E-state index contributed by atoms with van der Waals surface area (Å²) in [6, 6.07) is 6.42. The van der Waals surface area contributed by atoms with Crippen LogP contribution >= 0.6 is 0 Å². The van der Waals surface area contributed by atoms with Gasteiger partial charge in [0.15, 0.2) is 0 Å². The van der Waals surface area contributed by atoms with Crippen LogP contribution in [-0.4, -0.2) is 18.3 Å². The Bertz CT molecular complexity index is 438. The first-order chi connectivity index (χ1) is 8.50. The van der Waals surface area contributed by atoms with Crippen LogP contribution in [0.1, 0.15) is 32.3 Å². The Morgan fingerprint density at radius 3 is 2.78 bits per heavy atom. The van der Waals surface area contributed by atoms with E-state index in [2.05, 4.69) is 19.2 Å². The van der Waals surface area contributed by atoms with Crippen LogP contribution in [0.2, 0.25) is 0 Å². The molecule has 1 aromatic rings. The molecule has 0 atom stereocenters. The van der Waals surface area contributed by atoms with E-state index in [4.69, 9.17) is 10.4 Å². The molecule has 18 heavy (non-hydrogen) atoms. The summed E-state index contributed by atoms with van der Waals surface area (Å²) in [5.74, 6) is -0.504. The van der Waals surface area contributed by atoms with Crippen molar-refractivity contribution in [2.24, 2.45) is 5.41 Å². The Kier molecular flexibility index (Phi) is 5.11. The van der Waals surface area contributed by atoms with Gasteiger partial charge in [-0.15, -0.1) is 0 Å². The number of nitrogens with one attached hydrogen (secondary N) is 1. The van der Waals surface area contributed by atoms with Crippen molar-refractivity contribution >= 4 is 5.69 Å². The van der Waals surface area contributed by atoms with Crippen molar-refractivity contribution in [3.63, 3.8) is 0 Å². The standard InChI is InChI=1S/C14H19FN2O/c1-14(2,7-4-8-18)10-17-13-6-3-5-12(15)11(13)9-16/h3,5-6,17-18H,4,7-8,10H2,1-2H3. The summed E-state index contributed by atoms with van der Waals surface area (Å²) in [6.07, 6.45) is 1.61. The number of rotatable bonds is 6. The molecule has 2 N–H and O–H groups in total. The van der Waals surface area contributed by atoms with Crippen molar-refractivity contribution in [1.82, 2.24) is 0 Å². The van der Waals surface area contributed by atoms with Crippen LogP contribution in [0.3, 0.4) is 0 Å². The lowest BCUT2D eigenvalue weighted by molar-refractivity contribution is 0.248. The van der Waals surface area contributed by atoms with Crippen molar-refractivity contribution in [2.45, 2.75) is 26.7 Å². The molecule has 4 heteroatoms. The second kappa shape index (κ2) is 6.36. The number of benzene rings is 1. The molecule has 0 saturated carbocycles. The number of aliphatic hydroxyl groups excluding tert-OH is 1. The van der Waals surface area contributed by atoms with Crippen molar-refractivity contribution in [3.05, 3.63) is 29.6 Å². The zero-order valence-electron chi connectivity index (χ0n) is 10.8. The van der Waals surface area contributed by atoms with E-state index in [9.17, 15) is 4.39 Å². The normalized spacial score (nSPS) is 11.1. The van der Waals surface area contributed by atoms with E-state index >= 15 is 0 Å². The summed E-state index contributed by atoms with van der Waals surface area (Å²) in [5.41, 5.74) is 0.562. The van der Waals surface area contributed by atoms with Gasteiger partial charge in [0.25, 0.3) is 0 Å². The summed E-state index contributed by atoms with van der Waals surface area (Å²) in [7, 11) is 0. The zero-order chi connectivity index (χ0) is 13.6. The molecule has 0 heterocycles. The van der Waals surface area contributed by atoms with Gasteiger partial charge >= 0.3 is 0 Å². The number of hydrogen-bond acceptors (Lipinski definition) is 3. The highest BCUT2D eigenvalue weighted by Gasteiger charge is 2.18. The van der Waals surface area contributed by atoms with Gasteiger partial charge in [-0.3, -0.25) is 0 Å². The SMILES string of the molecule is CC(C)(CCCO)CNc1cccc(F)c1C#N. The molecule has 0 radical (unpaired) electrons. The van der Waals surface area contributed by atoms with E-state index in [1.54, 1.807) is 12.1 Å². The van der Waals surface area contributed by atoms with Gasteiger partial charge in [-0.05, 0) is 30.4 Å². The average Bonchev–Trinajstić information content (AvgIpc) is 2.34. The second-order valence-corrected chi connectivity index (χ2v) is 5.12. The summed E-state index contributed by atoms with van der Waals surface area (Å²) < 4.78 is 13.4. The molecule has 0 aromatic heterocycles. The third-order valence-corrected chi connectivity index (χ3v) is 2.89. The lowest BCUT2D eigenvalue weighted by Gasteiger charge is -2.25. The minimum atomic E-state index is -0.504. The van der Waals surface area contributed by atoms with Crippen molar-refractivity contribution in [1.29, 1.82) is 5.26 Å². The first kappa shape index (κ1) is 14.5. The van der Waals surface area contributed by atoms with Crippen LogP contribution in [0.25, 0.3) is 0 Å². The molecule has 0 aliphatic rings. The van der Waals surface area contributed by atoms with Gasteiger partial charge in [0.2, 0.25) is 0 Å². The molecule has 0 aliphatic heterocycles.